The zero-order valence-corrected chi connectivity index (χ0v) is 72.1. The molecule has 118 heavy (non-hydrogen) atoms. The van der Waals surface area contributed by atoms with Gasteiger partial charge < -0.3 is 43.3 Å². The van der Waals surface area contributed by atoms with E-state index in [0.717, 1.165) is 121 Å². The van der Waals surface area contributed by atoms with Crippen LogP contribution in [0.5, 0.6) is 40.2 Å². The van der Waals surface area contributed by atoms with E-state index in [9.17, 15) is 5.11 Å². The van der Waals surface area contributed by atoms with Gasteiger partial charge in [-0.05, 0) is 189 Å². The number of aromatic hydroxyl groups is 1. The molecule has 8 aromatic carbocycles. The van der Waals surface area contributed by atoms with E-state index in [1.807, 2.05) is 36.4 Å². The molecule has 5 heterocycles. The van der Waals surface area contributed by atoms with Gasteiger partial charge in [0.2, 0.25) is 0 Å². The van der Waals surface area contributed by atoms with Crippen LogP contribution in [0.15, 0.2) is 180 Å². The van der Waals surface area contributed by atoms with Crippen molar-refractivity contribution in [2.24, 2.45) is 17.0 Å². The number of hydrogen-bond donors (Lipinski definition) is 3. The molecule has 6 bridgehead atoms. The van der Waals surface area contributed by atoms with Gasteiger partial charge in [-0.2, -0.15) is 0 Å². The summed E-state index contributed by atoms with van der Waals surface area (Å²) < 4.78 is 32.2. The van der Waals surface area contributed by atoms with E-state index in [2.05, 4.69) is 181 Å². The second-order valence-corrected chi connectivity index (χ2v) is 33.8. The van der Waals surface area contributed by atoms with Gasteiger partial charge >= 0.3 is 7.05 Å². The molecule has 0 saturated heterocycles. The van der Waals surface area contributed by atoms with Crippen LogP contribution in [-0.4, -0.2) is 47.8 Å². The van der Waals surface area contributed by atoms with Crippen molar-refractivity contribution in [1.29, 1.82) is 0 Å². The molecule has 0 saturated carbocycles. The lowest BCUT2D eigenvalue weighted by Gasteiger charge is -2.13. The number of benzene rings is 8. The molecule has 624 valence electrons. The Morgan fingerprint density at radius 1 is 0.356 bits per heavy atom. The molecule has 0 spiro atoms. The van der Waals surface area contributed by atoms with E-state index < -0.39 is 7.05 Å². The van der Waals surface area contributed by atoms with Gasteiger partial charge in [0.25, 0.3) is 0 Å². The van der Waals surface area contributed by atoms with Crippen molar-refractivity contribution in [1.82, 2.24) is 29.0 Å². The number of aromatic amines is 1. The second kappa shape index (κ2) is 46.1. The number of phenolic OH excluding ortho intramolecular Hbond substituents is 1. The van der Waals surface area contributed by atoms with Crippen LogP contribution < -0.4 is 30.5 Å². The van der Waals surface area contributed by atoms with Gasteiger partial charge in [-0.25, -0.2) is 9.98 Å². The van der Waals surface area contributed by atoms with E-state index in [0.29, 0.717) is 47.0 Å². The number of anilines is 2. The summed E-state index contributed by atoms with van der Waals surface area (Å²) in [6.07, 6.45) is 55.7. The molecule has 13 rings (SSSR count). The number of H-pyrrole nitrogens is 1. The van der Waals surface area contributed by atoms with Crippen LogP contribution in [0.1, 0.15) is 293 Å². The molecule has 1 aliphatic heterocycles. The van der Waals surface area contributed by atoms with Crippen molar-refractivity contribution < 1.29 is 24.0 Å². The highest BCUT2D eigenvalue weighted by molar-refractivity contribution is 6.48. The molecule has 1 aliphatic rings. The summed E-state index contributed by atoms with van der Waals surface area (Å²) >= 11 is 0. The van der Waals surface area contributed by atoms with Crippen LogP contribution in [0, 0.1) is 0 Å². The Balaban J connectivity index is 0.808. The maximum atomic E-state index is 11.2. The first-order valence-corrected chi connectivity index (χ1v) is 46.4. The van der Waals surface area contributed by atoms with Crippen LogP contribution in [0.25, 0.3) is 49.0 Å². The number of hydrogen-bond acceptors (Lipinski definition) is 10. The highest BCUT2D eigenvalue weighted by Gasteiger charge is 2.26. The van der Waals surface area contributed by atoms with Crippen molar-refractivity contribution in [2.45, 2.75) is 304 Å². The topological polar surface area (TPSA) is 150 Å². The number of aryl methyl sites for hydroxylation is 3. The normalized spacial score (nSPS) is 12.0. The van der Waals surface area contributed by atoms with Gasteiger partial charge in [0.15, 0.2) is 0 Å². The highest BCUT2D eigenvalue weighted by atomic mass is 16.5. The third-order valence-corrected chi connectivity index (χ3v) is 24.3. The molecule has 0 unspecified atom stereocenters. The molecular weight excluding hydrogens is 1450 g/mol. The summed E-state index contributed by atoms with van der Waals surface area (Å²) in [5.41, 5.74) is 8.12. The first-order chi connectivity index (χ1) is 58.2. The van der Waals surface area contributed by atoms with Gasteiger partial charge in [0.05, 0.1) is 0 Å². The quantitative estimate of drug-likeness (QED) is 0.0252. The average Bonchev–Trinajstić information content (AvgIpc) is 1.57. The molecule has 0 atom stereocenters. The van der Waals surface area contributed by atoms with Crippen molar-refractivity contribution in [3.8, 4) is 45.9 Å². The van der Waals surface area contributed by atoms with Crippen LogP contribution >= 0.6 is 0 Å². The average molecular weight is 1590 g/mol. The first-order valence-electron chi connectivity index (χ1n) is 46.4. The molecule has 4 aromatic heterocycles. The van der Waals surface area contributed by atoms with Crippen molar-refractivity contribution >= 4 is 73.7 Å². The van der Waals surface area contributed by atoms with E-state index >= 15 is 0 Å². The Morgan fingerprint density at radius 2 is 0.746 bits per heavy atom. The number of unbranched alkanes of at least 4 members (excludes halogenated alkanes) is 36. The maximum absolute atomic E-state index is 11.2. The summed E-state index contributed by atoms with van der Waals surface area (Å²) in [5.74, 6) is 7.58. The summed E-state index contributed by atoms with van der Waals surface area (Å²) in [6.45, 7) is 9.29. The fourth-order valence-electron chi connectivity index (χ4n) is 17.4. The predicted octanol–water partition coefficient (Wildman–Crippen LogP) is 29.5. The van der Waals surface area contributed by atoms with Crippen molar-refractivity contribution in [2.75, 3.05) is 11.9 Å². The Labute approximate surface area is 704 Å². The number of phenols is 1. The van der Waals surface area contributed by atoms with Crippen molar-refractivity contribution in [3.63, 3.8) is 0 Å². The lowest BCUT2D eigenvalue weighted by atomic mass is 9.87. The molecule has 15 heteroatoms. The third kappa shape index (κ3) is 24.8. The standard InChI is InChI=1S/C103H134BN9O5/c1-6-9-12-15-18-21-24-27-30-33-36-39-42-50-78-53-47-56-82(71-78)116-85-62-65-88-91(75-85)99-105-98(88)107-103-93-77-87(118-84-58-49-55-80(73-84)52-44-41-38-35-32-29-26-23-20-17-14-11-8-3)64-67-90(93)102(112(103)104(4)115-70-69-81-61-68-97(114)96(74-81)113-109-94-59-45-46-60-95(94)110-113)108-100-89-66-63-86(76-92(89)101(106-99)111(100)5)117-83-57-48-54-79(72-83)51-43-40-37-34-31-28-25-22-19-16-13-10-7-2/h45-49,53-68,71-77,105-106,114H,6-44,50-52,69-70H2,1-5H3. The Kier molecular flexibility index (Phi) is 33.7. The highest BCUT2D eigenvalue weighted by Crippen LogP contribution is 2.44. The first kappa shape index (κ1) is 86.3. The summed E-state index contributed by atoms with van der Waals surface area (Å²) in [5, 5.41) is 30.0. The molecular formula is C103H134BN9O5. The van der Waals surface area contributed by atoms with E-state index in [-0.39, 0.29) is 5.75 Å². The van der Waals surface area contributed by atoms with E-state index in [1.165, 1.54) is 259 Å². The minimum absolute atomic E-state index is 0.0869. The number of nitrogens with zero attached hydrogens (tertiary/aromatic N) is 7. The second-order valence-electron chi connectivity index (χ2n) is 33.8. The molecule has 0 radical (unpaired) electrons. The number of nitrogens with one attached hydrogen (secondary N) is 2. The fraction of sp³-hybridized carbons (Fsp3) is 0.476. The largest absolute Gasteiger partial charge is 0.506 e. The summed E-state index contributed by atoms with van der Waals surface area (Å²) in [6, 6.07) is 58.3. The SMILES string of the molecule is CCCCCCCCCCCCCCCc1cccc(Oc2ccc3c4[nH]c(c3c2)Nc2c3cc(Oc5cccc(CCCCCCCCCCCCCCC)c5)ccc3c(n2C)N=c2c3ccc(Oc5cccc(CCCCCCCCCCCCCCC)c5)cc3c(n2B(C)OCCc2ccc(O)c(-n3nc5ccccc5n3)c2)=N4)c1. The zero-order chi connectivity index (χ0) is 81.3. The Bertz CT molecular complexity index is 5190. The smallest absolute Gasteiger partial charge is 0.419 e. The number of rotatable bonds is 54. The minimum Gasteiger partial charge on any atom is -0.506 e. The molecule has 0 fully saturated rings. The number of aromatic nitrogens is 6. The predicted molar refractivity (Wildman–Crippen MR) is 493 cm³/mol. The van der Waals surface area contributed by atoms with Gasteiger partial charge in [-0.3, -0.25) is 0 Å². The van der Waals surface area contributed by atoms with Crippen molar-refractivity contribution in [3.05, 3.63) is 203 Å². The number of fused-ring (bicyclic) bond motifs is 16. The van der Waals surface area contributed by atoms with E-state index in [4.69, 9.17) is 39.0 Å². The molecule has 0 amide bonds. The lowest BCUT2D eigenvalue weighted by molar-refractivity contribution is 0.319. The van der Waals surface area contributed by atoms with Crippen LogP contribution in [-0.2, 0) is 37.4 Å². The molecule has 14 nitrogen and oxygen atoms in total. The van der Waals surface area contributed by atoms with E-state index in [1.54, 1.807) is 6.07 Å². The Hall–Kier alpha value is -9.60. The minimum atomic E-state index is -0.612. The summed E-state index contributed by atoms with van der Waals surface area (Å²) in [7, 11) is 1.48. The van der Waals surface area contributed by atoms with Gasteiger partial charge in [-0.15, -0.1) is 15.0 Å². The fourth-order valence-corrected chi connectivity index (χ4v) is 17.4. The molecule has 12 aromatic rings. The third-order valence-electron chi connectivity index (χ3n) is 24.3. The Morgan fingerprint density at radius 3 is 1.20 bits per heavy atom. The lowest BCUT2D eigenvalue weighted by Crippen LogP contribution is -2.41. The monoisotopic (exact) mass is 1590 g/mol. The maximum Gasteiger partial charge on any atom is 0.419 e. The van der Waals surface area contributed by atoms with Crippen LogP contribution in [0.4, 0.5) is 23.3 Å². The summed E-state index contributed by atoms with van der Waals surface area (Å²) in [4.78, 5) is 17.0. The van der Waals surface area contributed by atoms with Crippen LogP contribution in [0.3, 0.4) is 0 Å². The van der Waals surface area contributed by atoms with Gasteiger partial charge in [0.1, 0.15) is 91.2 Å². The van der Waals surface area contributed by atoms with Gasteiger partial charge in [-0.1, -0.05) is 307 Å². The zero-order valence-electron chi connectivity index (χ0n) is 72.1. The molecule has 0 aliphatic carbocycles. The number of ether oxygens (including phenoxy) is 3. The van der Waals surface area contributed by atoms with Gasteiger partial charge in [0, 0.05) is 46.0 Å². The molecule has 3 N–H and O–H groups in total. The van der Waals surface area contributed by atoms with Crippen LogP contribution in [0.2, 0.25) is 6.82 Å².